The van der Waals surface area contributed by atoms with Crippen LogP contribution in [0.5, 0.6) is 11.5 Å². The molecule has 2 rings (SSSR count). The van der Waals surface area contributed by atoms with Crippen molar-refractivity contribution < 1.29 is 23.0 Å². The van der Waals surface area contributed by atoms with Gasteiger partial charge in [0, 0.05) is 11.1 Å². The number of benzene rings is 2. The summed E-state index contributed by atoms with van der Waals surface area (Å²) in [5.41, 5.74) is 1.39. The zero-order valence-corrected chi connectivity index (χ0v) is 15.2. The second-order valence-corrected chi connectivity index (χ2v) is 5.78. The van der Waals surface area contributed by atoms with Crippen LogP contribution < -0.4 is 14.8 Å². The minimum Gasteiger partial charge on any atom is -0.495 e. The number of alkyl halides is 2. The number of halogens is 3. The van der Waals surface area contributed by atoms with Crippen molar-refractivity contribution >= 4 is 29.3 Å². The number of carbonyl (C=O) groups excluding carboxylic acids is 1. The zero-order chi connectivity index (χ0) is 20.0. The molecule has 0 spiro atoms. The number of hydrogen-bond donors (Lipinski definition) is 1. The van der Waals surface area contributed by atoms with E-state index in [9.17, 15) is 18.8 Å². The molecule has 0 fully saturated rings. The van der Waals surface area contributed by atoms with Gasteiger partial charge in [-0.2, -0.15) is 14.0 Å². The molecule has 0 bridgehead atoms. The summed E-state index contributed by atoms with van der Waals surface area (Å²) in [6.07, 6.45) is 1.33. The second kappa shape index (κ2) is 9.01. The first-order chi connectivity index (χ1) is 12.8. The standard InChI is InChI=1S/C19H15ClF2N2O3/c1-11-7-16(17(26-2)9-15(11)20)24-18(25)13(10-23)8-12-3-5-14(6-4-12)27-19(21)22/h3-9,19H,1-2H3,(H,24,25)/b13-8-. The minimum atomic E-state index is -2.93. The molecule has 2 aromatic rings. The summed E-state index contributed by atoms with van der Waals surface area (Å²) in [5, 5.41) is 12.4. The van der Waals surface area contributed by atoms with E-state index in [-0.39, 0.29) is 11.3 Å². The Morgan fingerprint density at radius 2 is 1.96 bits per heavy atom. The Bertz CT molecular complexity index is 906. The molecule has 5 nitrogen and oxygen atoms in total. The average molecular weight is 393 g/mol. The molecule has 0 aromatic heterocycles. The molecule has 1 N–H and O–H groups in total. The van der Waals surface area contributed by atoms with Crippen LogP contribution in [-0.4, -0.2) is 19.6 Å². The van der Waals surface area contributed by atoms with Gasteiger partial charge in [-0.05, 0) is 42.3 Å². The lowest BCUT2D eigenvalue weighted by atomic mass is 10.1. The molecule has 0 radical (unpaired) electrons. The Morgan fingerprint density at radius 3 is 2.52 bits per heavy atom. The summed E-state index contributed by atoms with van der Waals surface area (Å²) in [7, 11) is 1.43. The molecule has 0 saturated carbocycles. The van der Waals surface area contributed by atoms with Crippen LogP contribution in [0.2, 0.25) is 5.02 Å². The van der Waals surface area contributed by atoms with E-state index in [1.165, 1.54) is 37.5 Å². The first kappa shape index (κ1) is 20.2. The van der Waals surface area contributed by atoms with Crippen molar-refractivity contribution in [3.05, 3.63) is 58.1 Å². The SMILES string of the molecule is COc1cc(Cl)c(C)cc1NC(=O)/C(C#N)=C\c1ccc(OC(F)F)cc1. The third kappa shape index (κ3) is 5.43. The van der Waals surface area contributed by atoms with E-state index < -0.39 is 12.5 Å². The molecule has 1 amide bonds. The van der Waals surface area contributed by atoms with Gasteiger partial charge in [-0.25, -0.2) is 0 Å². The van der Waals surface area contributed by atoms with Crippen molar-refractivity contribution in [2.75, 3.05) is 12.4 Å². The van der Waals surface area contributed by atoms with Gasteiger partial charge in [-0.15, -0.1) is 0 Å². The number of nitriles is 1. The number of rotatable bonds is 6. The topological polar surface area (TPSA) is 71.3 Å². The molecule has 0 unspecified atom stereocenters. The number of aryl methyl sites for hydroxylation is 1. The van der Waals surface area contributed by atoms with Crippen LogP contribution in [0, 0.1) is 18.3 Å². The monoisotopic (exact) mass is 392 g/mol. The predicted molar refractivity (Wildman–Crippen MR) is 98.0 cm³/mol. The van der Waals surface area contributed by atoms with Crippen LogP contribution in [0.1, 0.15) is 11.1 Å². The lowest BCUT2D eigenvalue weighted by Crippen LogP contribution is -2.14. The molecule has 2 aromatic carbocycles. The Kier molecular flexibility index (Phi) is 6.74. The number of amides is 1. The predicted octanol–water partition coefficient (Wildman–Crippen LogP) is 4.80. The third-order valence-corrected chi connectivity index (χ3v) is 3.92. The number of nitrogens with one attached hydrogen (secondary N) is 1. The highest BCUT2D eigenvalue weighted by molar-refractivity contribution is 6.31. The highest BCUT2D eigenvalue weighted by Gasteiger charge is 2.14. The maximum Gasteiger partial charge on any atom is 0.387 e. The van der Waals surface area contributed by atoms with Crippen LogP contribution in [0.15, 0.2) is 42.0 Å². The summed E-state index contributed by atoms with van der Waals surface area (Å²) in [6, 6.07) is 10.5. The normalized spacial score (nSPS) is 11.1. The summed E-state index contributed by atoms with van der Waals surface area (Å²) in [5.74, 6) is -0.318. The zero-order valence-electron chi connectivity index (χ0n) is 14.4. The Balaban J connectivity index is 2.22. The molecule has 0 saturated heterocycles. The van der Waals surface area contributed by atoms with Crippen LogP contribution in [0.4, 0.5) is 14.5 Å². The van der Waals surface area contributed by atoms with Crippen molar-refractivity contribution in [1.29, 1.82) is 5.26 Å². The summed E-state index contributed by atoms with van der Waals surface area (Å²) in [4.78, 5) is 12.4. The van der Waals surface area contributed by atoms with Gasteiger partial charge in [0.15, 0.2) is 0 Å². The highest BCUT2D eigenvalue weighted by atomic mass is 35.5. The average Bonchev–Trinajstić information content (AvgIpc) is 2.63. The lowest BCUT2D eigenvalue weighted by Gasteiger charge is -2.12. The van der Waals surface area contributed by atoms with E-state index in [0.717, 1.165) is 5.56 Å². The molecular formula is C19H15ClF2N2O3. The van der Waals surface area contributed by atoms with Crippen molar-refractivity contribution in [1.82, 2.24) is 0 Å². The van der Waals surface area contributed by atoms with Crippen molar-refractivity contribution in [3.63, 3.8) is 0 Å². The number of carbonyl (C=O) groups is 1. The Hall–Kier alpha value is -3.11. The van der Waals surface area contributed by atoms with Gasteiger partial charge in [0.1, 0.15) is 23.1 Å². The lowest BCUT2D eigenvalue weighted by molar-refractivity contribution is -0.112. The van der Waals surface area contributed by atoms with Gasteiger partial charge >= 0.3 is 6.61 Å². The van der Waals surface area contributed by atoms with Crippen molar-refractivity contribution in [3.8, 4) is 17.6 Å². The quantitative estimate of drug-likeness (QED) is 0.566. The van der Waals surface area contributed by atoms with Gasteiger partial charge in [0.05, 0.1) is 12.8 Å². The van der Waals surface area contributed by atoms with Crippen molar-refractivity contribution in [2.45, 2.75) is 13.5 Å². The van der Waals surface area contributed by atoms with Gasteiger partial charge in [0.2, 0.25) is 0 Å². The fourth-order valence-electron chi connectivity index (χ4n) is 2.18. The smallest absolute Gasteiger partial charge is 0.387 e. The number of anilines is 1. The van der Waals surface area contributed by atoms with E-state index in [1.54, 1.807) is 19.1 Å². The van der Waals surface area contributed by atoms with Crippen LogP contribution in [-0.2, 0) is 4.79 Å². The fraction of sp³-hybridized carbons (Fsp3) is 0.158. The highest BCUT2D eigenvalue weighted by Crippen LogP contribution is 2.31. The molecule has 0 aliphatic rings. The van der Waals surface area contributed by atoms with E-state index in [1.807, 2.05) is 6.07 Å². The van der Waals surface area contributed by atoms with Gasteiger partial charge in [-0.1, -0.05) is 23.7 Å². The number of nitrogens with zero attached hydrogens (tertiary/aromatic N) is 1. The molecule has 27 heavy (non-hydrogen) atoms. The molecule has 8 heteroatoms. The van der Waals surface area contributed by atoms with Crippen molar-refractivity contribution in [2.24, 2.45) is 0 Å². The maximum absolute atomic E-state index is 12.4. The summed E-state index contributed by atoms with van der Waals surface area (Å²) < 4.78 is 33.8. The van der Waals surface area contributed by atoms with E-state index in [0.29, 0.717) is 22.0 Å². The van der Waals surface area contributed by atoms with E-state index >= 15 is 0 Å². The molecule has 140 valence electrons. The van der Waals surface area contributed by atoms with Crippen LogP contribution >= 0.6 is 11.6 Å². The van der Waals surface area contributed by atoms with E-state index in [4.69, 9.17) is 16.3 Å². The largest absolute Gasteiger partial charge is 0.495 e. The summed E-state index contributed by atoms with van der Waals surface area (Å²) >= 11 is 6.03. The third-order valence-electron chi connectivity index (χ3n) is 3.51. The maximum atomic E-state index is 12.4. The fourth-order valence-corrected chi connectivity index (χ4v) is 2.33. The Morgan fingerprint density at radius 1 is 1.30 bits per heavy atom. The number of ether oxygens (including phenoxy) is 2. The second-order valence-electron chi connectivity index (χ2n) is 5.37. The molecule has 0 heterocycles. The first-order valence-electron chi connectivity index (χ1n) is 7.66. The molecule has 0 atom stereocenters. The molecule has 0 aliphatic carbocycles. The molecular weight excluding hydrogens is 378 g/mol. The minimum absolute atomic E-state index is 0.0218. The first-order valence-corrected chi connectivity index (χ1v) is 8.04. The van der Waals surface area contributed by atoms with E-state index in [2.05, 4.69) is 10.1 Å². The van der Waals surface area contributed by atoms with Crippen LogP contribution in [0.3, 0.4) is 0 Å². The molecule has 0 aliphatic heterocycles. The Labute approximate surface area is 159 Å². The van der Waals surface area contributed by atoms with Gasteiger partial charge < -0.3 is 14.8 Å². The number of hydrogen-bond acceptors (Lipinski definition) is 4. The summed E-state index contributed by atoms with van der Waals surface area (Å²) in [6.45, 7) is -1.16. The number of methoxy groups -OCH3 is 1. The van der Waals surface area contributed by atoms with Crippen LogP contribution in [0.25, 0.3) is 6.08 Å². The van der Waals surface area contributed by atoms with Gasteiger partial charge in [-0.3, -0.25) is 4.79 Å². The van der Waals surface area contributed by atoms with Gasteiger partial charge in [0.25, 0.3) is 5.91 Å².